The quantitative estimate of drug-likeness (QED) is 0.0287. The number of rotatable bonds is 10. The van der Waals surface area contributed by atoms with Gasteiger partial charge in [0.15, 0.2) is 0 Å². The van der Waals surface area contributed by atoms with Crippen molar-refractivity contribution in [3.05, 3.63) is 177 Å². The van der Waals surface area contributed by atoms with Crippen LogP contribution in [0.4, 0.5) is 3.89 Å². The first kappa shape index (κ1) is 95.9. The molecular weight excluding hydrogens is 1730 g/mol. The SMILES string of the molecule is C.CC(O)C1(c2nc(Cl)ccc2Br)CC1.CC1OC(=O)c2ccc(C(=O)O)nc2C12CC2.CC1OC(=O)c2ccc(CC(=O)OC(C)(C)C)nc2C12CC2.COC(=O)c1ccc2c(n1)C1(CC1)C(C)OC2=O.CSF.O=CC1(c2nc(Cl)ccc2Br)CC1.OCC1(c2nc(Cl)ccc2Br)CC1.[Br-].[CH3-].[Li+].[Mg+2].[OH-]. The van der Waals surface area contributed by atoms with Crippen molar-refractivity contribution in [1.82, 2.24) is 29.9 Å². The number of halogens is 8. The molecule has 0 bridgehead atoms. The number of aliphatic hydroxyl groups is 2. The number of ether oxygens (including phenoxy) is 5. The van der Waals surface area contributed by atoms with Crippen LogP contribution in [0.2, 0.25) is 15.5 Å². The molecule has 0 saturated heterocycles. The van der Waals surface area contributed by atoms with Gasteiger partial charge in [0.25, 0.3) is 0 Å². The summed E-state index contributed by atoms with van der Waals surface area (Å²) in [6.45, 7) is 13.1. The second-order valence-electron chi connectivity index (χ2n) is 27.1. The number of hydrogen-bond acceptors (Lipinski definition) is 22. The summed E-state index contributed by atoms with van der Waals surface area (Å²) in [5.74, 6) is -2.96. The molecule has 6 aromatic rings. The minimum absolute atomic E-state index is 0. The van der Waals surface area contributed by atoms with E-state index in [0.29, 0.717) is 49.2 Å². The number of carboxylic acids is 1. The van der Waals surface area contributed by atoms with Crippen molar-refractivity contribution in [2.75, 3.05) is 20.0 Å². The van der Waals surface area contributed by atoms with E-state index in [1.807, 2.05) is 66.7 Å². The van der Waals surface area contributed by atoms with Crippen LogP contribution in [0.5, 0.6) is 0 Å². The standard InChI is InChI=1S/C17H21NO4.C13H13NO4.C12H11NO4.C10H11BrClNO.C9H9BrClNO.C9H7BrClNO.CH3FS.CH4.CH3.BrH.Li.Mg.H2O/c1-10-17(7-8-17)14-12(15(20)21-10)6-5-11(18-14)9-13(19)22-16(2,3)4;1-7-13(5-6-13)10-8(11(15)18-7)3-4-9(14-10)12(16)17-2;1-6-12(4-5-12)9-7(11(16)17-6)2-3-8(13-9)10(14)15;1-6(14)10(4-5-10)9-7(11)2-3-8(12)13-9;2*10-6-1-2-7(11)12-8(6)9(5-13)3-4-9;1-3-2;;;;;;/h5-6,10H,7-9H2,1-4H3;3-4,7H,5-6H2,1-2H3;2-3,6H,4-5H2,1H3,(H,14,15);2-3,6,14H,4-5H2,1H3;1-2,13H,3-5H2;1-2,5H,3-4H2;1H3;1H4;1H3;1H;;;1H2/q;;;;;;;;-1;;+1;+2;/p-2. The molecule has 3 spiro atoms. The number of carboxylic acid groups (broad SMARTS) is 1. The van der Waals surface area contributed by atoms with Crippen LogP contribution in [0.3, 0.4) is 0 Å². The minimum Gasteiger partial charge on any atom is -1.00 e. The molecule has 4 N–H and O–H groups in total. The van der Waals surface area contributed by atoms with E-state index in [0.717, 1.165) is 120 Å². The number of aromatic nitrogens is 6. The Morgan fingerprint density at radius 2 is 1.00 bits per heavy atom. The monoisotopic (exact) mass is 1800 g/mol. The van der Waals surface area contributed by atoms with E-state index in [-0.39, 0.29) is 191 Å². The molecule has 0 aromatic carbocycles. The number of nitrogens with zero attached hydrogens (tertiary/aromatic N) is 6. The maximum Gasteiger partial charge on any atom is 2.00 e. The second kappa shape index (κ2) is 38.8. The van der Waals surface area contributed by atoms with Crippen molar-refractivity contribution in [2.24, 2.45) is 0 Å². The number of carbonyl (C=O) groups is 7. The van der Waals surface area contributed by atoms with E-state index in [2.05, 4.69) is 82.4 Å². The van der Waals surface area contributed by atoms with Crippen molar-refractivity contribution < 1.29 is 118 Å². The maximum absolute atomic E-state index is 12.0. The molecule has 566 valence electrons. The first-order chi connectivity index (χ1) is 47.2. The van der Waals surface area contributed by atoms with Crippen LogP contribution in [-0.4, -0.2) is 166 Å². The van der Waals surface area contributed by atoms with Gasteiger partial charge in [-0.05, 0) is 246 Å². The summed E-state index contributed by atoms with van der Waals surface area (Å²) in [5.41, 5.74) is 5.17. The van der Waals surface area contributed by atoms with Gasteiger partial charge < -0.3 is 73.7 Å². The first-order valence-electron chi connectivity index (χ1n) is 32.2. The zero-order valence-electron chi connectivity index (χ0n) is 59.7. The van der Waals surface area contributed by atoms with Gasteiger partial charge in [0.1, 0.15) is 57.0 Å². The number of aromatic carboxylic acids is 1. The summed E-state index contributed by atoms with van der Waals surface area (Å²) in [6.07, 6.45) is 12.8. The largest absolute Gasteiger partial charge is 2.00 e. The van der Waals surface area contributed by atoms with Gasteiger partial charge in [0.05, 0.1) is 104 Å². The molecule has 6 aliphatic carbocycles. The van der Waals surface area contributed by atoms with E-state index in [1.165, 1.54) is 31.6 Å². The number of carbonyl (C=O) groups excluding carboxylic acids is 6. The molecule has 0 amide bonds. The molecule has 22 nitrogen and oxygen atoms in total. The Kier molecular flexibility index (Phi) is 35.1. The van der Waals surface area contributed by atoms with Gasteiger partial charge in [0, 0.05) is 42.7 Å². The average molecular weight is 1810 g/mol. The molecule has 33 heteroatoms. The third-order valence-corrected chi connectivity index (χ3v) is 21.9. The van der Waals surface area contributed by atoms with Crippen molar-refractivity contribution >= 4 is 160 Å². The number of pyridine rings is 6. The molecule has 6 saturated carbocycles. The second-order valence-corrected chi connectivity index (χ2v) is 31.2. The van der Waals surface area contributed by atoms with Gasteiger partial charge in [-0.2, -0.15) is 3.89 Å². The third kappa shape index (κ3) is 21.5. The Bertz CT molecular complexity index is 4190. The molecule has 9 aliphatic rings. The smallest absolute Gasteiger partial charge is 1.00 e. The summed E-state index contributed by atoms with van der Waals surface area (Å²) in [6, 6.07) is 20.1. The van der Waals surface area contributed by atoms with E-state index in [9.17, 15) is 47.7 Å². The molecular formula is C73H83Br4Cl3FLiMgN6O16S. The Morgan fingerprint density at radius 3 is 1.35 bits per heavy atom. The molecule has 106 heavy (non-hydrogen) atoms. The number of hydrogen-bond donors (Lipinski definition) is 3. The predicted octanol–water partition coefficient (Wildman–Crippen LogP) is 9.32. The summed E-state index contributed by atoms with van der Waals surface area (Å²) in [7, 11) is 1.31. The summed E-state index contributed by atoms with van der Waals surface area (Å²) >= 11 is 27.9. The zero-order valence-corrected chi connectivity index (χ0v) is 70.6. The van der Waals surface area contributed by atoms with Crippen molar-refractivity contribution in [3.8, 4) is 0 Å². The normalized spacial score (nSPS) is 19.8. The molecule has 9 heterocycles. The molecule has 15 rings (SSSR count). The summed E-state index contributed by atoms with van der Waals surface area (Å²) in [5, 5.41) is 29.3. The molecule has 4 atom stereocenters. The Hall–Kier alpha value is -4.30. The fraction of sp³-hybridized carbons (Fsp3) is 0.479. The molecule has 3 aliphatic heterocycles. The number of esters is 5. The summed E-state index contributed by atoms with van der Waals surface area (Å²) in [4.78, 5) is 106. The number of methoxy groups -OCH3 is 1. The number of aliphatic hydroxyl groups excluding tert-OH is 2. The van der Waals surface area contributed by atoms with E-state index < -0.39 is 23.5 Å². The van der Waals surface area contributed by atoms with Crippen molar-refractivity contribution in [1.29, 1.82) is 0 Å². The van der Waals surface area contributed by atoms with Crippen LogP contribution in [0.1, 0.15) is 225 Å². The van der Waals surface area contributed by atoms with Gasteiger partial charge in [-0.3, -0.25) is 9.78 Å². The van der Waals surface area contributed by atoms with E-state index >= 15 is 0 Å². The van der Waals surface area contributed by atoms with Gasteiger partial charge in [-0.1, -0.05) is 42.2 Å². The number of cyclic esters (lactones) is 3. The van der Waals surface area contributed by atoms with Crippen molar-refractivity contribution in [2.45, 2.75) is 202 Å². The Balaban J connectivity index is 0.000000327. The Morgan fingerprint density at radius 1 is 0.632 bits per heavy atom. The van der Waals surface area contributed by atoms with Crippen LogP contribution in [0, 0.1) is 7.43 Å². The van der Waals surface area contributed by atoms with Crippen LogP contribution < -0.4 is 35.8 Å². The van der Waals surface area contributed by atoms with Gasteiger partial charge >= 0.3 is 77.7 Å². The van der Waals surface area contributed by atoms with Crippen LogP contribution >= 0.6 is 94.7 Å². The van der Waals surface area contributed by atoms with Crippen molar-refractivity contribution in [3.63, 3.8) is 0 Å². The van der Waals surface area contributed by atoms with Crippen LogP contribution in [-0.2, 0) is 72.2 Å². The minimum atomic E-state index is -1.07. The zero-order chi connectivity index (χ0) is 73.2. The molecule has 6 fully saturated rings. The fourth-order valence-electron chi connectivity index (χ4n) is 12.4. The van der Waals surface area contributed by atoms with Gasteiger partial charge in [0.2, 0.25) is 0 Å². The topological polar surface area (TPSA) is 334 Å². The van der Waals surface area contributed by atoms with Gasteiger partial charge in [-0.25, -0.2) is 48.9 Å². The first-order valence-corrected chi connectivity index (χ1v) is 36.9. The molecule has 6 aromatic heterocycles. The number of aldehydes is 1. The maximum atomic E-state index is 12.0. The molecule has 4 unspecified atom stereocenters. The van der Waals surface area contributed by atoms with Gasteiger partial charge in [-0.15, -0.1) is 0 Å². The van der Waals surface area contributed by atoms with Crippen LogP contribution in [0.25, 0.3) is 0 Å². The summed E-state index contributed by atoms with van der Waals surface area (Å²) < 4.78 is 38.9. The van der Waals surface area contributed by atoms with E-state index in [1.54, 1.807) is 36.4 Å². The van der Waals surface area contributed by atoms with E-state index in [4.69, 9.17) is 58.9 Å². The average Bonchev–Trinajstić information content (AvgIpc) is 1.58. The van der Waals surface area contributed by atoms with Crippen LogP contribution in [0.15, 0.2) is 86.2 Å². The Labute approximate surface area is 699 Å². The number of fused-ring (bicyclic) bond motifs is 6. The fourth-order valence-corrected chi connectivity index (χ4v) is 14.7. The molecule has 0 radical (unpaired) electrons. The third-order valence-electron chi connectivity index (χ3n) is 19.4. The predicted molar refractivity (Wildman–Crippen MR) is 402 cm³/mol.